The van der Waals surface area contributed by atoms with Gasteiger partial charge in [-0.1, -0.05) is 30.3 Å². The second kappa shape index (κ2) is 9.28. The van der Waals surface area contributed by atoms with Gasteiger partial charge in [0.25, 0.3) is 5.91 Å². The maximum atomic E-state index is 12.0. The number of carbonyl (C=O) groups is 2. The Kier molecular flexibility index (Phi) is 6.54. The topological polar surface area (TPSA) is 68.5 Å². The van der Waals surface area contributed by atoms with Crippen LogP contribution in [0.15, 0.2) is 64.1 Å². The number of furan rings is 1. The Hall–Kier alpha value is -2.73. The van der Waals surface area contributed by atoms with E-state index in [0.717, 1.165) is 32.7 Å². The van der Waals surface area contributed by atoms with Crippen LogP contribution in [0.2, 0.25) is 0 Å². The molecular formula is C21H21NO4S. The minimum Gasteiger partial charge on any atom is -0.464 e. The van der Waals surface area contributed by atoms with Gasteiger partial charge in [-0.05, 0) is 30.7 Å². The highest BCUT2D eigenvalue weighted by Crippen LogP contribution is 2.23. The van der Waals surface area contributed by atoms with Crippen molar-refractivity contribution in [3.05, 3.63) is 65.9 Å². The van der Waals surface area contributed by atoms with E-state index < -0.39 is 5.97 Å². The fourth-order valence-electron chi connectivity index (χ4n) is 2.61. The molecule has 140 valence electrons. The number of thioether (sulfide) groups is 1. The molecule has 0 aliphatic heterocycles. The van der Waals surface area contributed by atoms with Crippen LogP contribution >= 0.6 is 11.8 Å². The summed E-state index contributed by atoms with van der Waals surface area (Å²) in [5.41, 5.74) is 2.59. The number of esters is 1. The van der Waals surface area contributed by atoms with E-state index in [0.29, 0.717) is 6.54 Å². The smallest absolute Gasteiger partial charge is 0.310 e. The van der Waals surface area contributed by atoms with Crippen LogP contribution < -0.4 is 5.32 Å². The van der Waals surface area contributed by atoms with Gasteiger partial charge in [-0.2, -0.15) is 0 Å². The number of aryl methyl sites for hydroxylation is 1. The Morgan fingerprint density at radius 3 is 2.78 bits per heavy atom. The van der Waals surface area contributed by atoms with Gasteiger partial charge in [0.2, 0.25) is 0 Å². The number of benzene rings is 2. The van der Waals surface area contributed by atoms with Crippen molar-refractivity contribution < 1.29 is 18.7 Å². The zero-order chi connectivity index (χ0) is 19.1. The number of rotatable bonds is 8. The van der Waals surface area contributed by atoms with Crippen molar-refractivity contribution in [3.8, 4) is 0 Å². The highest BCUT2D eigenvalue weighted by atomic mass is 32.2. The summed E-state index contributed by atoms with van der Waals surface area (Å²) in [4.78, 5) is 24.9. The molecule has 1 aromatic heterocycles. The second-order valence-corrected chi connectivity index (χ2v) is 7.28. The van der Waals surface area contributed by atoms with Gasteiger partial charge in [-0.15, -0.1) is 11.8 Å². The zero-order valence-corrected chi connectivity index (χ0v) is 15.9. The van der Waals surface area contributed by atoms with Gasteiger partial charge in [0, 0.05) is 28.1 Å². The van der Waals surface area contributed by atoms with Crippen molar-refractivity contribution in [2.45, 2.75) is 18.2 Å². The summed E-state index contributed by atoms with van der Waals surface area (Å²) in [5.74, 6) is 0.00111. The molecule has 0 aliphatic rings. The van der Waals surface area contributed by atoms with Crippen LogP contribution in [0.4, 0.5) is 0 Å². The maximum absolute atomic E-state index is 12.0. The molecule has 0 spiro atoms. The van der Waals surface area contributed by atoms with E-state index in [4.69, 9.17) is 9.15 Å². The van der Waals surface area contributed by atoms with Crippen LogP contribution in [0.1, 0.15) is 11.1 Å². The van der Waals surface area contributed by atoms with Gasteiger partial charge >= 0.3 is 5.97 Å². The fourth-order valence-corrected chi connectivity index (χ4v) is 3.40. The van der Waals surface area contributed by atoms with E-state index in [9.17, 15) is 9.59 Å². The van der Waals surface area contributed by atoms with Gasteiger partial charge in [0.05, 0.1) is 12.7 Å². The summed E-state index contributed by atoms with van der Waals surface area (Å²) in [7, 11) is 0. The Morgan fingerprint density at radius 2 is 1.96 bits per heavy atom. The molecule has 3 rings (SSSR count). The first-order valence-corrected chi connectivity index (χ1v) is 9.67. The molecule has 0 unspecified atom stereocenters. The molecule has 0 bridgehead atoms. The lowest BCUT2D eigenvalue weighted by Gasteiger charge is -2.06. The summed E-state index contributed by atoms with van der Waals surface area (Å²) < 4.78 is 10.5. The molecule has 27 heavy (non-hydrogen) atoms. The number of hydrogen-bond acceptors (Lipinski definition) is 5. The van der Waals surface area contributed by atoms with E-state index in [1.165, 1.54) is 0 Å². The summed E-state index contributed by atoms with van der Waals surface area (Å²) in [6, 6.07) is 15.8. The van der Waals surface area contributed by atoms with Crippen molar-refractivity contribution in [2.75, 3.05) is 18.9 Å². The highest BCUT2D eigenvalue weighted by molar-refractivity contribution is 7.99. The Bertz CT molecular complexity index is 920. The fraction of sp³-hybridized carbons (Fsp3) is 0.238. The molecule has 1 amide bonds. The molecule has 5 nitrogen and oxygen atoms in total. The lowest BCUT2D eigenvalue weighted by atomic mass is 10.1. The standard InChI is InChI=1S/C21H21NO4S/c1-15-7-8-18-16(13-25-19(18)11-15)12-21(24)26-14-20(23)22-9-10-27-17-5-3-2-4-6-17/h2-8,11,13H,9-10,12,14H2,1H3,(H,22,23). The molecule has 0 radical (unpaired) electrons. The molecule has 0 atom stereocenters. The summed E-state index contributed by atoms with van der Waals surface area (Å²) in [5, 5.41) is 3.64. The Balaban J connectivity index is 1.37. The summed E-state index contributed by atoms with van der Waals surface area (Å²) >= 11 is 1.66. The van der Waals surface area contributed by atoms with Gasteiger partial charge in [-0.3, -0.25) is 9.59 Å². The third-order valence-electron chi connectivity index (χ3n) is 3.95. The monoisotopic (exact) mass is 383 g/mol. The molecule has 0 fully saturated rings. The third kappa shape index (κ3) is 5.62. The molecule has 1 N–H and O–H groups in total. The third-order valence-corrected chi connectivity index (χ3v) is 4.96. The first kappa shape index (κ1) is 19.0. The quantitative estimate of drug-likeness (QED) is 0.365. The first-order valence-electron chi connectivity index (χ1n) is 8.69. The van der Waals surface area contributed by atoms with Gasteiger partial charge in [0.1, 0.15) is 5.58 Å². The highest BCUT2D eigenvalue weighted by Gasteiger charge is 2.13. The largest absolute Gasteiger partial charge is 0.464 e. The summed E-state index contributed by atoms with van der Waals surface area (Å²) in [6.07, 6.45) is 1.64. The molecule has 0 aliphatic carbocycles. The average Bonchev–Trinajstić information content (AvgIpc) is 3.06. The zero-order valence-electron chi connectivity index (χ0n) is 15.1. The molecule has 2 aromatic carbocycles. The number of ether oxygens (including phenoxy) is 1. The van der Waals surface area contributed by atoms with Crippen LogP contribution in [0, 0.1) is 6.92 Å². The average molecular weight is 383 g/mol. The molecule has 1 heterocycles. The lowest BCUT2D eigenvalue weighted by molar-refractivity contribution is -0.147. The molecule has 0 saturated carbocycles. The van der Waals surface area contributed by atoms with E-state index >= 15 is 0 Å². The minimum atomic E-state index is -0.452. The van der Waals surface area contributed by atoms with Gasteiger partial charge in [0.15, 0.2) is 6.61 Å². The minimum absolute atomic E-state index is 0.0766. The van der Waals surface area contributed by atoms with Crippen LogP contribution in [0.25, 0.3) is 11.0 Å². The predicted octanol–water partition coefficient (Wildman–Crippen LogP) is 3.74. The molecular weight excluding hydrogens is 362 g/mol. The normalized spacial score (nSPS) is 10.7. The lowest BCUT2D eigenvalue weighted by Crippen LogP contribution is -2.30. The molecule has 6 heteroatoms. The van der Waals surface area contributed by atoms with Crippen LogP contribution in [0.3, 0.4) is 0 Å². The Labute approximate surface area is 162 Å². The number of hydrogen-bond donors (Lipinski definition) is 1. The Morgan fingerprint density at radius 1 is 1.15 bits per heavy atom. The van der Waals surface area contributed by atoms with Crippen molar-refractivity contribution in [2.24, 2.45) is 0 Å². The number of amides is 1. The maximum Gasteiger partial charge on any atom is 0.310 e. The van der Waals surface area contributed by atoms with Crippen LogP contribution in [-0.4, -0.2) is 30.8 Å². The number of carbonyl (C=O) groups excluding carboxylic acids is 2. The van der Waals surface area contributed by atoms with Crippen LogP contribution in [-0.2, 0) is 20.7 Å². The van der Waals surface area contributed by atoms with Crippen molar-refractivity contribution in [3.63, 3.8) is 0 Å². The van der Waals surface area contributed by atoms with E-state index in [1.54, 1.807) is 18.0 Å². The van der Waals surface area contributed by atoms with Gasteiger partial charge < -0.3 is 14.5 Å². The van der Waals surface area contributed by atoms with E-state index in [1.807, 2.05) is 55.5 Å². The number of nitrogens with one attached hydrogen (secondary N) is 1. The second-order valence-electron chi connectivity index (χ2n) is 6.11. The van der Waals surface area contributed by atoms with E-state index in [-0.39, 0.29) is 18.9 Å². The van der Waals surface area contributed by atoms with Crippen LogP contribution in [0.5, 0.6) is 0 Å². The van der Waals surface area contributed by atoms with E-state index in [2.05, 4.69) is 5.32 Å². The SMILES string of the molecule is Cc1ccc2c(CC(=O)OCC(=O)NCCSc3ccccc3)coc2c1. The first-order chi connectivity index (χ1) is 13.1. The molecule has 3 aromatic rings. The van der Waals surface area contributed by atoms with Crippen molar-refractivity contribution in [1.82, 2.24) is 5.32 Å². The molecule has 0 saturated heterocycles. The van der Waals surface area contributed by atoms with Crippen molar-refractivity contribution in [1.29, 1.82) is 0 Å². The van der Waals surface area contributed by atoms with Crippen molar-refractivity contribution >= 4 is 34.6 Å². The number of fused-ring (bicyclic) bond motifs is 1. The predicted molar refractivity (Wildman–Crippen MR) is 106 cm³/mol. The summed E-state index contributed by atoms with van der Waals surface area (Å²) in [6.45, 7) is 2.22. The van der Waals surface area contributed by atoms with Gasteiger partial charge in [-0.25, -0.2) is 0 Å².